The van der Waals surface area contributed by atoms with Crippen LogP contribution in [-0.2, 0) is 4.74 Å². The zero-order chi connectivity index (χ0) is 23.9. The summed E-state index contributed by atoms with van der Waals surface area (Å²) in [5, 5.41) is 7.55. The molecule has 0 saturated heterocycles. The highest BCUT2D eigenvalue weighted by Crippen LogP contribution is 2.44. The summed E-state index contributed by atoms with van der Waals surface area (Å²) in [5.74, 6) is 1.37. The number of hydrogen-bond acceptors (Lipinski definition) is 5. The Labute approximate surface area is 201 Å². The van der Waals surface area contributed by atoms with Crippen molar-refractivity contribution >= 4 is 5.91 Å². The second-order valence-corrected chi connectivity index (χ2v) is 8.32. The van der Waals surface area contributed by atoms with Gasteiger partial charge in [-0.3, -0.25) is 9.89 Å². The highest BCUT2D eigenvalue weighted by Gasteiger charge is 2.42. The van der Waals surface area contributed by atoms with E-state index in [1.807, 2.05) is 60.4 Å². The first-order chi connectivity index (χ1) is 16.7. The Kier molecular flexibility index (Phi) is 7.85. The molecule has 1 amide bonds. The highest BCUT2D eigenvalue weighted by atomic mass is 16.5. The summed E-state index contributed by atoms with van der Waals surface area (Å²) in [5.41, 5.74) is 4.18. The molecule has 0 spiro atoms. The van der Waals surface area contributed by atoms with Crippen LogP contribution in [0.2, 0.25) is 0 Å². The summed E-state index contributed by atoms with van der Waals surface area (Å²) in [7, 11) is 1.68. The maximum absolute atomic E-state index is 13.4. The van der Waals surface area contributed by atoms with Crippen molar-refractivity contribution in [2.45, 2.75) is 39.2 Å². The first kappa shape index (κ1) is 23.8. The largest absolute Gasteiger partial charge is 0.490 e. The van der Waals surface area contributed by atoms with Gasteiger partial charge in [-0.15, -0.1) is 0 Å². The number of ether oxygens (including phenoxy) is 3. The van der Waals surface area contributed by atoms with E-state index in [2.05, 4.69) is 17.1 Å². The molecule has 7 heteroatoms. The van der Waals surface area contributed by atoms with Crippen molar-refractivity contribution in [1.82, 2.24) is 15.1 Å². The molecule has 1 N–H and O–H groups in total. The van der Waals surface area contributed by atoms with E-state index in [0.717, 1.165) is 47.4 Å². The number of amides is 1. The van der Waals surface area contributed by atoms with Crippen LogP contribution in [0.15, 0.2) is 48.5 Å². The van der Waals surface area contributed by atoms with Crippen molar-refractivity contribution in [3.8, 4) is 22.8 Å². The smallest absolute Gasteiger partial charge is 0.273 e. The van der Waals surface area contributed by atoms with E-state index in [9.17, 15) is 4.79 Å². The standard InChI is InChI=1S/C27H33N3O4/c1-4-6-17-34-21-14-13-20(18-22(21)33-5-2)26-23-24(19-11-8-7-9-12-19)28-29-25(23)27(31)30(26)15-10-16-32-3/h7-9,11-14,18,26H,4-6,10,15-17H2,1-3H3,(H,28,29). The summed E-state index contributed by atoms with van der Waals surface area (Å²) in [6.45, 7) is 6.43. The van der Waals surface area contributed by atoms with Gasteiger partial charge in [0, 0.05) is 31.4 Å². The van der Waals surface area contributed by atoms with Crippen molar-refractivity contribution in [2.75, 3.05) is 33.5 Å². The number of H-pyrrole nitrogens is 1. The van der Waals surface area contributed by atoms with Gasteiger partial charge in [0.15, 0.2) is 11.5 Å². The summed E-state index contributed by atoms with van der Waals surface area (Å²) < 4.78 is 17.2. The number of nitrogens with zero attached hydrogens (tertiary/aromatic N) is 2. The molecule has 180 valence electrons. The van der Waals surface area contributed by atoms with Gasteiger partial charge in [0.2, 0.25) is 0 Å². The maximum Gasteiger partial charge on any atom is 0.273 e. The molecule has 1 atom stereocenters. The number of rotatable bonds is 12. The average molecular weight is 464 g/mol. The minimum atomic E-state index is -0.280. The molecule has 0 bridgehead atoms. The van der Waals surface area contributed by atoms with Crippen molar-refractivity contribution in [3.63, 3.8) is 0 Å². The second-order valence-electron chi connectivity index (χ2n) is 8.32. The molecular formula is C27H33N3O4. The van der Waals surface area contributed by atoms with Gasteiger partial charge in [0.05, 0.1) is 24.9 Å². The Morgan fingerprint density at radius 1 is 1.00 bits per heavy atom. The zero-order valence-electron chi connectivity index (χ0n) is 20.2. The Morgan fingerprint density at radius 2 is 1.82 bits per heavy atom. The molecular weight excluding hydrogens is 430 g/mol. The number of hydrogen-bond donors (Lipinski definition) is 1. The van der Waals surface area contributed by atoms with E-state index in [1.165, 1.54) is 0 Å². The van der Waals surface area contributed by atoms with Crippen molar-refractivity contribution in [1.29, 1.82) is 0 Å². The van der Waals surface area contributed by atoms with Crippen LogP contribution in [-0.4, -0.2) is 54.5 Å². The van der Waals surface area contributed by atoms with Gasteiger partial charge in [-0.2, -0.15) is 5.10 Å². The molecule has 1 aromatic heterocycles. The summed E-state index contributed by atoms with van der Waals surface area (Å²) in [6.07, 6.45) is 2.79. The Balaban J connectivity index is 1.77. The normalized spacial score (nSPS) is 15.0. The van der Waals surface area contributed by atoms with E-state index in [-0.39, 0.29) is 11.9 Å². The number of methoxy groups -OCH3 is 1. The fourth-order valence-electron chi connectivity index (χ4n) is 4.38. The van der Waals surface area contributed by atoms with Crippen molar-refractivity contribution in [3.05, 3.63) is 65.4 Å². The molecule has 0 radical (unpaired) electrons. The zero-order valence-corrected chi connectivity index (χ0v) is 20.2. The van der Waals surface area contributed by atoms with Crippen LogP contribution in [0.1, 0.15) is 60.8 Å². The third kappa shape index (κ3) is 4.80. The van der Waals surface area contributed by atoms with Crippen LogP contribution < -0.4 is 9.47 Å². The number of fused-ring (bicyclic) bond motifs is 1. The van der Waals surface area contributed by atoms with Gasteiger partial charge in [0.25, 0.3) is 5.91 Å². The quantitative estimate of drug-likeness (QED) is 0.372. The lowest BCUT2D eigenvalue weighted by Crippen LogP contribution is -2.31. The van der Waals surface area contributed by atoms with Crippen molar-refractivity contribution < 1.29 is 19.0 Å². The number of aromatic amines is 1. The van der Waals surface area contributed by atoms with Crippen LogP contribution in [0.25, 0.3) is 11.3 Å². The first-order valence-electron chi connectivity index (χ1n) is 12.0. The predicted octanol–water partition coefficient (Wildman–Crippen LogP) is 5.24. The summed E-state index contributed by atoms with van der Waals surface area (Å²) >= 11 is 0. The van der Waals surface area contributed by atoms with Crippen LogP contribution in [0.3, 0.4) is 0 Å². The van der Waals surface area contributed by atoms with Crippen LogP contribution in [0.5, 0.6) is 11.5 Å². The lowest BCUT2D eigenvalue weighted by molar-refractivity contribution is 0.0723. The maximum atomic E-state index is 13.4. The van der Waals surface area contributed by atoms with Gasteiger partial charge < -0.3 is 19.1 Å². The van der Waals surface area contributed by atoms with E-state index < -0.39 is 0 Å². The molecule has 0 saturated carbocycles. The molecule has 3 aromatic rings. The van der Waals surface area contributed by atoms with E-state index in [1.54, 1.807) is 7.11 Å². The molecule has 0 aliphatic carbocycles. The number of aromatic nitrogens is 2. The molecule has 2 aromatic carbocycles. The Bertz CT molecular complexity index is 1100. The van der Waals surface area contributed by atoms with Gasteiger partial charge in [-0.25, -0.2) is 0 Å². The lowest BCUT2D eigenvalue weighted by Gasteiger charge is -2.27. The molecule has 1 unspecified atom stereocenters. The first-order valence-corrected chi connectivity index (χ1v) is 12.0. The third-order valence-electron chi connectivity index (χ3n) is 6.00. The van der Waals surface area contributed by atoms with Gasteiger partial charge >= 0.3 is 0 Å². The van der Waals surface area contributed by atoms with Crippen molar-refractivity contribution in [2.24, 2.45) is 0 Å². The van der Waals surface area contributed by atoms with Gasteiger partial charge in [-0.05, 0) is 37.5 Å². The molecule has 1 aliphatic rings. The van der Waals surface area contributed by atoms with Gasteiger partial charge in [0.1, 0.15) is 5.69 Å². The monoisotopic (exact) mass is 463 g/mol. The number of nitrogens with one attached hydrogen (secondary N) is 1. The topological polar surface area (TPSA) is 76.7 Å². The third-order valence-corrected chi connectivity index (χ3v) is 6.00. The van der Waals surface area contributed by atoms with Crippen LogP contribution >= 0.6 is 0 Å². The molecule has 34 heavy (non-hydrogen) atoms. The second kappa shape index (κ2) is 11.2. The average Bonchev–Trinajstić information content (AvgIpc) is 3.40. The summed E-state index contributed by atoms with van der Waals surface area (Å²) in [6, 6.07) is 15.7. The van der Waals surface area contributed by atoms with Crippen LogP contribution in [0.4, 0.5) is 0 Å². The molecule has 7 nitrogen and oxygen atoms in total. The Hall–Kier alpha value is -3.32. The minimum Gasteiger partial charge on any atom is -0.490 e. The van der Waals surface area contributed by atoms with E-state index in [4.69, 9.17) is 14.2 Å². The highest BCUT2D eigenvalue weighted by molar-refractivity contribution is 6.00. The number of carbonyl (C=O) groups is 1. The molecule has 2 heterocycles. The number of unbranched alkanes of at least 4 members (excludes halogenated alkanes) is 1. The molecule has 4 rings (SSSR count). The predicted molar refractivity (Wildman–Crippen MR) is 131 cm³/mol. The number of carbonyl (C=O) groups excluding carboxylic acids is 1. The van der Waals surface area contributed by atoms with Gasteiger partial charge in [-0.1, -0.05) is 49.7 Å². The SMILES string of the molecule is CCCCOc1ccc(C2c3c(-c4ccccc4)n[nH]c3C(=O)N2CCCOC)cc1OCC. The Morgan fingerprint density at radius 3 is 2.56 bits per heavy atom. The fourth-order valence-corrected chi connectivity index (χ4v) is 4.38. The molecule has 1 aliphatic heterocycles. The molecule has 0 fully saturated rings. The minimum absolute atomic E-state index is 0.0491. The number of benzene rings is 2. The summed E-state index contributed by atoms with van der Waals surface area (Å²) in [4.78, 5) is 15.3. The fraction of sp³-hybridized carbons (Fsp3) is 0.407. The lowest BCUT2D eigenvalue weighted by atomic mass is 9.95. The van der Waals surface area contributed by atoms with Crippen LogP contribution in [0, 0.1) is 0 Å². The van der Waals surface area contributed by atoms with E-state index in [0.29, 0.717) is 37.8 Å². The van der Waals surface area contributed by atoms with E-state index >= 15 is 0 Å².